The highest BCUT2D eigenvalue weighted by Crippen LogP contribution is 2.40. The van der Waals surface area contributed by atoms with Gasteiger partial charge in [0.2, 0.25) is 65.0 Å². The van der Waals surface area contributed by atoms with Gasteiger partial charge in [-0.05, 0) is 175 Å². The number of amides is 11. The van der Waals surface area contributed by atoms with E-state index in [4.69, 9.17) is 31.1 Å². The number of nitrogens with two attached hydrogens (primary N) is 2. The number of ether oxygens (including phenoxy) is 3. The topological polar surface area (TPSA) is 495 Å². The number of nitrogens with zero attached hydrogens (tertiary/aromatic N) is 1. The van der Waals surface area contributed by atoms with Gasteiger partial charge in [-0.25, -0.2) is 9.59 Å². The lowest BCUT2D eigenvalue weighted by Crippen LogP contribution is -2.63. The van der Waals surface area contributed by atoms with Gasteiger partial charge in [0.15, 0.2) is 5.96 Å². The van der Waals surface area contributed by atoms with Crippen molar-refractivity contribution in [2.45, 2.75) is 229 Å². The van der Waals surface area contributed by atoms with E-state index >= 15 is 38.4 Å². The molecule has 33 heteroatoms. The third-order valence-electron chi connectivity index (χ3n) is 24.3. The number of benzene rings is 10. The van der Waals surface area contributed by atoms with Gasteiger partial charge < -0.3 is 94.6 Å². The fourth-order valence-electron chi connectivity index (χ4n) is 17.6. The van der Waals surface area contributed by atoms with Gasteiger partial charge in [0.1, 0.15) is 76.4 Å². The molecular weight excluding hydrogens is 1880 g/mol. The molecule has 0 fully saturated rings. The first kappa shape index (κ1) is 112. The molecule has 18 N–H and O–H groups in total. The molecule has 0 aliphatic rings. The Morgan fingerprint density at radius 3 is 1.20 bits per heavy atom. The van der Waals surface area contributed by atoms with Gasteiger partial charge in [0.25, 0.3) is 0 Å². The van der Waals surface area contributed by atoms with E-state index in [1.54, 1.807) is 219 Å². The van der Waals surface area contributed by atoms with Gasteiger partial charge >= 0.3 is 12.1 Å². The molecule has 10 atom stereocenters. The van der Waals surface area contributed by atoms with E-state index < -0.39 is 191 Å². The Hall–Kier alpha value is -16.2. The molecular formula is C115H136N16O17. The summed E-state index contributed by atoms with van der Waals surface area (Å²) in [6.07, 6.45) is -3.54. The molecule has 11 rings (SSSR count). The van der Waals surface area contributed by atoms with E-state index in [0.29, 0.717) is 66.7 Å². The second kappa shape index (κ2) is 52.1. The highest BCUT2D eigenvalue weighted by atomic mass is 16.6. The standard InChI is InChI=1S/C115H136N16O17/c1-73(2)64-89(103(138)122-88(57-39-63-119-109(117)118)102(137)127-94(108(143)144)67-76-42-23-14-24-43-76)121-98(134)71-120-101(136)90(66-75-40-21-13-22-41-75)126-107(142)99(74(3)146-111(4,5)6)128-106(141)93(70-97(133)130-115(82-50-31-18-32-51-82,83-52-33-19-34-53-83)84-54-35-20-36-55-84)125-104(139)91(68-78-72-131(110(145)148-113(10,11)12)95-58-38-37-56-86(78)95)124-105(140)92(123-100(135)87(116)65-77-59-61-85(62-60-77)147-112(7,8)9)69-96(132)129-114(79-44-25-15-26-45-79,80-46-27-16-28-47-80)81-48-29-17-30-49-81/h13-38,40-56,58-62,72-74,87-94,99H,39,57,63-71,116H2,1-12H3,(H,120,136)(H,121,134)(H,122,138)(H,123,135)(H,124,140)(H,125,139)(H,126,142)(H,127,137)(H,128,141)(H,129,132)(H,130,133)(H,143,144)(H4,117,118,119)/t74-,87-,88+,89+,90+,91+,92+,93+,94+,99+/m1/s1. The van der Waals surface area contributed by atoms with Crippen LogP contribution in [0.1, 0.15) is 171 Å². The molecule has 0 aliphatic heterocycles. The minimum Gasteiger partial charge on any atom is -0.488 e. The normalized spacial score (nSPS) is 13.7. The molecule has 0 saturated carbocycles. The number of carbonyl (C=O) groups is 13. The van der Waals surface area contributed by atoms with Gasteiger partial charge in [0, 0.05) is 37.4 Å². The van der Waals surface area contributed by atoms with Crippen molar-refractivity contribution in [1.29, 1.82) is 5.41 Å². The Morgan fingerprint density at radius 1 is 0.378 bits per heavy atom. The SMILES string of the molecule is CC(C)C[C@H](NC(=O)CNC(=O)[C@H](Cc1ccccc1)NC(=O)[C@@H](NC(=O)[C@H](CC(=O)NC(c1ccccc1)(c1ccccc1)c1ccccc1)NC(=O)[C@H](Cc1cn(C(=O)OC(C)(C)C)c2ccccc12)NC(=O)[C@H](CC(=O)NC(c1ccccc1)(c1ccccc1)c1ccccc1)NC(=O)[C@H](N)Cc1ccc(OC(C)(C)C)cc1)[C@@H](C)OC(C)(C)C)C(=O)N[C@@H](CCCNC(=N)N)C(=O)N[C@@H](Cc1ccccc1)C(=O)O. The molecule has 0 aliphatic carbocycles. The first-order chi connectivity index (χ1) is 70.4. The Bertz CT molecular complexity index is 6160. The van der Waals surface area contributed by atoms with Crippen LogP contribution in [-0.4, -0.2) is 183 Å². The largest absolute Gasteiger partial charge is 0.488 e. The second-order valence-electron chi connectivity index (χ2n) is 40.1. The van der Waals surface area contributed by atoms with Crippen molar-refractivity contribution < 1.29 is 81.6 Å². The third kappa shape index (κ3) is 32.4. The van der Waals surface area contributed by atoms with E-state index in [2.05, 4.69) is 63.8 Å². The molecule has 11 aromatic rings. The molecule has 0 saturated heterocycles. The number of guanidine groups is 1. The maximum absolute atomic E-state index is 16.8. The smallest absolute Gasteiger partial charge is 0.419 e. The molecule has 10 aromatic carbocycles. The zero-order chi connectivity index (χ0) is 107. The number of aromatic nitrogens is 1. The number of nitrogens with one attached hydrogen (secondary N) is 13. The van der Waals surface area contributed by atoms with Gasteiger partial charge in [-0.1, -0.05) is 287 Å². The third-order valence-corrected chi connectivity index (χ3v) is 24.3. The summed E-state index contributed by atoms with van der Waals surface area (Å²) in [5.41, 5.74) is 12.3. The van der Waals surface area contributed by atoms with Crippen LogP contribution in [0.5, 0.6) is 5.75 Å². The van der Waals surface area contributed by atoms with Crippen LogP contribution in [0.25, 0.3) is 10.9 Å². The molecule has 148 heavy (non-hydrogen) atoms. The molecule has 0 radical (unpaired) electrons. The van der Waals surface area contributed by atoms with Crippen LogP contribution in [-0.2, 0) is 104 Å². The zero-order valence-corrected chi connectivity index (χ0v) is 85.5. The minimum atomic E-state index is -2.11. The Labute approximate surface area is 863 Å². The predicted octanol–water partition coefficient (Wildman–Crippen LogP) is 10.8. The van der Waals surface area contributed by atoms with Crippen molar-refractivity contribution in [2.24, 2.45) is 17.4 Å². The van der Waals surface area contributed by atoms with Crippen molar-refractivity contribution in [1.82, 2.24) is 68.4 Å². The molecule has 33 nitrogen and oxygen atoms in total. The maximum Gasteiger partial charge on any atom is 0.419 e. The molecule has 778 valence electrons. The number of fused-ring (bicyclic) bond motifs is 1. The summed E-state index contributed by atoms with van der Waals surface area (Å²) in [4.78, 5) is 198. The summed E-state index contributed by atoms with van der Waals surface area (Å²) in [7, 11) is 0. The summed E-state index contributed by atoms with van der Waals surface area (Å²) in [5.74, 6) is -12.2. The lowest BCUT2D eigenvalue weighted by Gasteiger charge is -2.37. The Balaban J connectivity index is 0.980. The number of carboxylic acids is 1. The molecule has 1 aromatic heterocycles. The van der Waals surface area contributed by atoms with Crippen molar-refractivity contribution >= 4 is 93.9 Å². The lowest BCUT2D eigenvalue weighted by molar-refractivity contribution is -0.142. The van der Waals surface area contributed by atoms with E-state index in [1.807, 2.05) is 148 Å². The number of hydrogen-bond donors (Lipinski definition) is 16. The van der Waals surface area contributed by atoms with Gasteiger partial charge in [-0.15, -0.1) is 0 Å². The summed E-state index contributed by atoms with van der Waals surface area (Å²) >= 11 is 0. The number of carboxylic acid groups (broad SMARTS) is 1. The summed E-state index contributed by atoms with van der Waals surface area (Å²) < 4.78 is 19.8. The van der Waals surface area contributed by atoms with Crippen molar-refractivity contribution in [3.63, 3.8) is 0 Å². The Kier molecular flexibility index (Phi) is 39.5. The zero-order valence-electron chi connectivity index (χ0n) is 85.5. The first-order valence-electron chi connectivity index (χ1n) is 49.5. The van der Waals surface area contributed by atoms with Crippen LogP contribution in [0.2, 0.25) is 0 Å². The van der Waals surface area contributed by atoms with Crippen LogP contribution in [0.4, 0.5) is 4.79 Å². The van der Waals surface area contributed by atoms with Crippen LogP contribution in [0.15, 0.2) is 297 Å². The van der Waals surface area contributed by atoms with Gasteiger partial charge in [0.05, 0.1) is 42.6 Å². The maximum atomic E-state index is 16.8. The molecule has 11 amide bonds. The Morgan fingerprint density at radius 2 is 0.757 bits per heavy atom. The molecule has 0 unspecified atom stereocenters. The van der Waals surface area contributed by atoms with Crippen LogP contribution in [0, 0.1) is 11.3 Å². The number of carbonyl (C=O) groups excluding carboxylic acids is 12. The van der Waals surface area contributed by atoms with E-state index in [9.17, 15) is 29.1 Å². The minimum absolute atomic E-state index is 0.00753. The van der Waals surface area contributed by atoms with Crippen molar-refractivity contribution in [3.05, 3.63) is 353 Å². The van der Waals surface area contributed by atoms with Crippen molar-refractivity contribution in [2.75, 3.05) is 13.1 Å². The fraction of sp³-hybridized carbons (Fsp3) is 0.339. The monoisotopic (exact) mass is 2010 g/mol. The molecule has 0 spiro atoms. The van der Waals surface area contributed by atoms with E-state index in [0.717, 1.165) is 0 Å². The van der Waals surface area contributed by atoms with Crippen LogP contribution < -0.4 is 80.0 Å². The summed E-state index contributed by atoms with van der Waals surface area (Å²) in [6, 6.07) is 70.0. The second-order valence-corrected chi connectivity index (χ2v) is 40.1. The van der Waals surface area contributed by atoms with E-state index in [1.165, 1.54) is 17.7 Å². The number of aliphatic carboxylic acids is 1. The van der Waals surface area contributed by atoms with Gasteiger partial charge in [-0.3, -0.25) is 62.7 Å². The van der Waals surface area contributed by atoms with Gasteiger partial charge in [-0.2, -0.15) is 0 Å². The highest BCUT2D eigenvalue weighted by Gasteiger charge is 2.45. The number of para-hydroxylation sites is 1. The van der Waals surface area contributed by atoms with Crippen LogP contribution >= 0.6 is 0 Å². The summed E-state index contributed by atoms with van der Waals surface area (Å²) in [6.45, 7) is 20.1. The molecule has 1 heterocycles. The summed E-state index contributed by atoms with van der Waals surface area (Å²) in [5, 5.41) is 52.0. The van der Waals surface area contributed by atoms with Crippen molar-refractivity contribution in [3.8, 4) is 5.75 Å². The quantitative estimate of drug-likeness (QED) is 0.00729. The van der Waals surface area contributed by atoms with Crippen LogP contribution in [0.3, 0.4) is 0 Å². The highest BCUT2D eigenvalue weighted by molar-refractivity contribution is 6.02. The fourth-order valence-corrected chi connectivity index (χ4v) is 17.6. The number of hydrogen-bond acceptors (Lipinski definition) is 18. The number of rotatable bonds is 48. The predicted molar refractivity (Wildman–Crippen MR) is 565 cm³/mol. The average molecular weight is 2010 g/mol. The molecule has 0 bridgehead atoms. The average Bonchev–Trinajstić information content (AvgIpc) is 0.975. The van der Waals surface area contributed by atoms with E-state index in [-0.39, 0.29) is 62.5 Å². The first-order valence-corrected chi connectivity index (χ1v) is 49.5. The lowest BCUT2D eigenvalue weighted by atomic mass is 9.77.